The predicted molar refractivity (Wildman–Crippen MR) is 109 cm³/mol. The van der Waals surface area contributed by atoms with E-state index >= 15 is 0 Å². The summed E-state index contributed by atoms with van der Waals surface area (Å²) < 4.78 is 10.0. The summed E-state index contributed by atoms with van der Waals surface area (Å²) in [5, 5.41) is 0.488. The number of esters is 2. The molecule has 29 heavy (non-hydrogen) atoms. The maximum atomic E-state index is 13.2. The summed E-state index contributed by atoms with van der Waals surface area (Å²) in [6.45, 7) is 8.43. The molecular formula is C21H22N2O6. The van der Waals surface area contributed by atoms with Crippen LogP contribution in [0.5, 0.6) is 0 Å². The molecule has 0 saturated carbocycles. The van der Waals surface area contributed by atoms with Crippen LogP contribution < -0.4 is 10.9 Å². The van der Waals surface area contributed by atoms with Crippen molar-refractivity contribution < 1.29 is 19.1 Å². The van der Waals surface area contributed by atoms with Crippen molar-refractivity contribution in [3.8, 4) is 0 Å². The summed E-state index contributed by atoms with van der Waals surface area (Å²) in [4.78, 5) is 56.5. The minimum Gasteiger partial charge on any atom is -0.461 e. The van der Waals surface area contributed by atoms with Gasteiger partial charge in [0, 0.05) is 16.5 Å². The number of carbonyl (C=O) groups excluding carboxylic acids is 2. The predicted octanol–water partition coefficient (Wildman–Crippen LogP) is 2.65. The lowest BCUT2D eigenvalue weighted by molar-refractivity contribution is 0.0509. The van der Waals surface area contributed by atoms with Crippen LogP contribution in [0.3, 0.4) is 0 Å². The van der Waals surface area contributed by atoms with Crippen LogP contribution in [0.25, 0.3) is 21.8 Å². The number of fused-ring (bicyclic) bond motifs is 3. The summed E-state index contributed by atoms with van der Waals surface area (Å²) >= 11 is 0. The minimum atomic E-state index is -0.672. The fourth-order valence-corrected chi connectivity index (χ4v) is 3.38. The van der Waals surface area contributed by atoms with Gasteiger partial charge in [0.25, 0.3) is 0 Å². The molecule has 3 aromatic rings. The molecule has 2 aromatic heterocycles. The molecule has 2 N–H and O–H groups in total. The van der Waals surface area contributed by atoms with Gasteiger partial charge in [0.2, 0.25) is 0 Å². The molecule has 8 heteroatoms. The second kappa shape index (κ2) is 7.54. The Balaban J connectivity index is 2.49. The number of aromatic amines is 2. The number of aromatic nitrogens is 2. The van der Waals surface area contributed by atoms with Crippen LogP contribution in [0.4, 0.5) is 0 Å². The van der Waals surface area contributed by atoms with Gasteiger partial charge in [-0.25, -0.2) is 9.59 Å². The number of carbonyl (C=O) groups is 2. The highest BCUT2D eigenvalue weighted by atomic mass is 16.5. The molecule has 2 heterocycles. The first kappa shape index (κ1) is 20.3. The Morgan fingerprint density at radius 2 is 1.31 bits per heavy atom. The number of hydrogen-bond acceptors (Lipinski definition) is 6. The highest BCUT2D eigenvalue weighted by Crippen LogP contribution is 2.24. The number of ether oxygens (including phenoxy) is 2. The average molecular weight is 398 g/mol. The first-order chi connectivity index (χ1) is 13.7. The molecule has 0 bridgehead atoms. The zero-order valence-electron chi connectivity index (χ0n) is 16.9. The first-order valence-electron chi connectivity index (χ1n) is 9.29. The average Bonchev–Trinajstić information content (AvgIpc) is 2.68. The Morgan fingerprint density at radius 3 is 1.83 bits per heavy atom. The van der Waals surface area contributed by atoms with E-state index in [1.165, 1.54) is 13.8 Å². The highest BCUT2D eigenvalue weighted by molar-refractivity contribution is 6.08. The van der Waals surface area contributed by atoms with Crippen LogP contribution in [0, 0.1) is 20.8 Å². The molecule has 152 valence electrons. The fourth-order valence-electron chi connectivity index (χ4n) is 3.38. The second-order valence-electron chi connectivity index (χ2n) is 6.72. The van der Waals surface area contributed by atoms with Gasteiger partial charge in [0.15, 0.2) is 10.9 Å². The monoisotopic (exact) mass is 398 g/mol. The smallest absolute Gasteiger partial charge is 0.355 e. The number of rotatable bonds is 4. The van der Waals surface area contributed by atoms with Crippen LogP contribution in [0.2, 0.25) is 0 Å². The number of nitrogens with one attached hydrogen (secondary N) is 2. The molecule has 1 aromatic carbocycles. The molecule has 0 fully saturated rings. The Kier molecular flexibility index (Phi) is 5.28. The molecule has 0 aliphatic carbocycles. The Morgan fingerprint density at radius 1 is 0.828 bits per heavy atom. The van der Waals surface area contributed by atoms with Gasteiger partial charge < -0.3 is 19.4 Å². The van der Waals surface area contributed by atoms with E-state index in [2.05, 4.69) is 9.97 Å². The standard InChI is InChI=1S/C21H22N2O6/c1-6-28-20(26)15-10(4)18(24)12-8-9(3)14-13(17(12)23-15)19(25)11(5)16(22-14)21(27)29-7-2/h8H,6-7H2,1-5H3,(H,22,25)(H,23,24). The van der Waals surface area contributed by atoms with Crippen molar-refractivity contribution >= 4 is 33.7 Å². The molecule has 0 spiro atoms. The van der Waals surface area contributed by atoms with E-state index in [4.69, 9.17) is 9.47 Å². The molecule has 8 nitrogen and oxygen atoms in total. The van der Waals surface area contributed by atoms with E-state index in [0.29, 0.717) is 11.1 Å². The molecule has 0 aliphatic rings. The van der Waals surface area contributed by atoms with Crippen molar-refractivity contribution in [3.63, 3.8) is 0 Å². The summed E-state index contributed by atoms with van der Waals surface area (Å²) in [7, 11) is 0. The Labute approximate surface area is 165 Å². The Bertz CT molecular complexity index is 1280. The van der Waals surface area contributed by atoms with Crippen molar-refractivity contribution in [2.45, 2.75) is 34.6 Å². The molecule has 0 unspecified atom stereocenters. The minimum absolute atomic E-state index is 0.000949. The second-order valence-corrected chi connectivity index (χ2v) is 6.72. The normalized spacial score (nSPS) is 11.1. The van der Waals surface area contributed by atoms with E-state index in [1.807, 2.05) is 0 Å². The maximum absolute atomic E-state index is 13.2. The van der Waals surface area contributed by atoms with Gasteiger partial charge in [-0.15, -0.1) is 0 Å². The number of pyridine rings is 2. The number of hydrogen-bond donors (Lipinski definition) is 2. The largest absolute Gasteiger partial charge is 0.461 e. The van der Waals surface area contributed by atoms with E-state index in [1.54, 1.807) is 26.8 Å². The zero-order valence-corrected chi connectivity index (χ0v) is 16.9. The van der Waals surface area contributed by atoms with Crippen LogP contribution in [-0.4, -0.2) is 35.1 Å². The van der Waals surface area contributed by atoms with Crippen LogP contribution in [-0.2, 0) is 9.47 Å². The van der Waals surface area contributed by atoms with Crippen molar-refractivity contribution in [3.05, 3.63) is 54.6 Å². The molecule has 0 atom stereocenters. The molecule has 0 aliphatic heterocycles. The number of benzene rings is 1. The number of aryl methyl sites for hydroxylation is 1. The summed E-state index contributed by atoms with van der Waals surface area (Å²) in [6.07, 6.45) is 0. The third-order valence-electron chi connectivity index (χ3n) is 4.89. The van der Waals surface area contributed by atoms with Crippen LogP contribution >= 0.6 is 0 Å². The van der Waals surface area contributed by atoms with Gasteiger partial charge in [-0.2, -0.15) is 0 Å². The molecule has 0 saturated heterocycles. The van der Waals surface area contributed by atoms with E-state index < -0.39 is 17.4 Å². The van der Waals surface area contributed by atoms with Crippen LogP contribution in [0.1, 0.15) is 51.5 Å². The molecule has 3 rings (SSSR count). The molecule has 0 radical (unpaired) electrons. The quantitative estimate of drug-likeness (QED) is 0.515. The fraction of sp³-hybridized carbons (Fsp3) is 0.333. The van der Waals surface area contributed by atoms with E-state index in [-0.39, 0.29) is 57.4 Å². The first-order valence-corrected chi connectivity index (χ1v) is 9.29. The third kappa shape index (κ3) is 3.20. The van der Waals surface area contributed by atoms with Gasteiger partial charge >= 0.3 is 11.9 Å². The van der Waals surface area contributed by atoms with Crippen molar-refractivity contribution in [1.29, 1.82) is 0 Å². The zero-order chi connectivity index (χ0) is 21.5. The SMILES string of the molecule is CCOC(=O)c1[nH]c2c(cc(C)c3[nH]c(C(=O)OCC)c(C)c(=O)c32)c(=O)c1C. The van der Waals surface area contributed by atoms with Crippen LogP contribution in [0.15, 0.2) is 15.7 Å². The van der Waals surface area contributed by atoms with Crippen molar-refractivity contribution in [1.82, 2.24) is 9.97 Å². The van der Waals surface area contributed by atoms with E-state index in [0.717, 1.165) is 0 Å². The summed E-state index contributed by atoms with van der Waals surface area (Å²) in [6, 6.07) is 1.62. The number of H-pyrrole nitrogens is 2. The van der Waals surface area contributed by atoms with Gasteiger partial charge in [0.1, 0.15) is 11.4 Å². The lowest BCUT2D eigenvalue weighted by atomic mass is 10.00. The molecule has 0 amide bonds. The lowest BCUT2D eigenvalue weighted by Crippen LogP contribution is -2.21. The highest BCUT2D eigenvalue weighted by Gasteiger charge is 2.22. The summed E-state index contributed by atoms with van der Waals surface area (Å²) in [5.74, 6) is -1.30. The van der Waals surface area contributed by atoms with Crippen molar-refractivity contribution in [2.24, 2.45) is 0 Å². The maximum Gasteiger partial charge on any atom is 0.355 e. The van der Waals surface area contributed by atoms with Crippen molar-refractivity contribution in [2.75, 3.05) is 13.2 Å². The van der Waals surface area contributed by atoms with Gasteiger partial charge in [-0.1, -0.05) is 0 Å². The topological polar surface area (TPSA) is 118 Å². The summed E-state index contributed by atoms with van der Waals surface area (Å²) in [5.41, 5.74) is 0.891. The van der Waals surface area contributed by atoms with Gasteiger partial charge in [0.05, 0.1) is 29.6 Å². The Hall–Kier alpha value is -3.42. The lowest BCUT2D eigenvalue weighted by Gasteiger charge is -2.13. The van der Waals surface area contributed by atoms with Gasteiger partial charge in [-0.05, 0) is 46.2 Å². The van der Waals surface area contributed by atoms with E-state index in [9.17, 15) is 19.2 Å². The van der Waals surface area contributed by atoms with Gasteiger partial charge in [-0.3, -0.25) is 9.59 Å². The third-order valence-corrected chi connectivity index (χ3v) is 4.89. The molecular weight excluding hydrogens is 376 g/mol.